The van der Waals surface area contributed by atoms with E-state index in [9.17, 15) is 9.59 Å². The summed E-state index contributed by atoms with van der Waals surface area (Å²) >= 11 is 1.36. The van der Waals surface area contributed by atoms with Gasteiger partial charge in [0.05, 0.1) is 11.7 Å². The molecule has 3 rings (SSSR count). The number of nitrogens with one attached hydrogen (secondary N) is 2. The van der Waals surface area contributed by atoms with Crippen LogP contribution in [0.3, 0.4) is 0 Å². The predicted molar refractivity (Wildman–Crippen MR) is 126 cm³/mol. The van der Waals surface area contributed by atoms with Crippen molar-refractivity contribution < 1.29 is 9.59 Å². The maximum atomic E-state index is 12.4. The number of rotatable bonds is 8. The van der Waals surface area contributed by atoms with Gasteiger partial charge in [0, 0.05) is 25.3 Å². The number of piperidine rings is 1. The Kier molecular flexibility index (Phi) is 8.28. The summed E-state index contributed by atoms with van der Waals surface area (Å²) in [5, 5.41) is 15.3. The standard InChI is InChI=1S/C23H31N5O2S/c1-4-12-24-23(30)18-9-6-13-28(14-18)19-10-11-21(27-26-19)31-15-20(29)25-22-16(2)7-5-8-17(22)3/h5,7-8,10-11,18H,4,6,9,12-15H2,1-3H3,(H,24,30)(H,25,29)/t18-/m1/s1. The minimum atomic E-state index is -0.0646. The molecule has 1 atom stereocenters. The molecule has 1 aromatic carbocycles. The molecule has 1 aliphatic heterocycles. The Hall–Kier alpha value is -2.61. The Bertz CT molecular complexity index is 883. The van der Waals surface area contributed by atoms with E-state index >= 15 is 0 Å². The molecule has 0 radical (unpaired) electrons. The number of para-hydroxylation sites is 1. The molecule has 2 N–H and O–H groups in total. The summed E-state index contributed by atoms with van der Waals surface area (Å²) in [6.45, 7) is 8.27. The van der Waals surface area contributed by atoms with Gasteiger partial charge in [0.25, 0.3) is 0 Å². The average molecular weight is 442 g/mol. The van der Waals surface area contributed by atoms with Crippen LogP contribution in [0.2, 0.25) is 0 Å². The Morgan fingerprint density at radius 1 is 1.16 bits per heavy atom. The molecular formula is C23H31N5O2S. The van der Waals surface area contributed by atoms with Crippen LogP contribution in [-0.4, -0.2) is 47.4 Å². The van der Waals surface area contributed by atoms with Gasteiger partial charge in [0.2, 0.25) is 11.8 Å². The van der Waals surface area contributed by atoms with Crippen LogP contribution in [0.25, 0.3) is 0 Å². The SMILES string of the molecule is CCCNC(=O)[C@@H]1CCCN(c2ccc(SCC(=O)Nc3c(C)cccc3C)nn2)C1. The molecule has 166 valence electrons. The maximum absolute atomic E-state index is 12.4. The molecule has 2 aromatic rings. The van der Waals surface area contributed by atoms with Gasteiger partial charge in [-0.25, -0.2) is 0 Å². The summed E-state index contributed by atoms with van der Waals surface area (Å²) in [5.41, 5.74) is 2.97. The van der Waals surface area contributed by atoms with Crippen LogP contribution in [0.4, 0.5) is 11.5 Å². The fourth-order valence-corrected chi connectivity index (χ4v) is 4.29. The van der Waals surface area contributed by atoms with Gasteiger partial charge in [-0.1, -0.05) is 36.9 Å². The van der Waals surface area contributed by atoms with E-state index in [0.717, 1.165) is 55.0 Å². The van der Waals surface area contributed by atoms with Gasteiger partial charge < -0.3 is 15.5 Å². The van der Waals surface area contributed by atoms with Crippen LogP contribution in [0.15, 0.2) is 35.4 Å². The Balaban J connectivity index is 1.52. The van der Waals surface area contributed by atoms with Gasteiger partial charge in [0.15, 0.2) is 5.82 Å². The van der Waals surface area contributed by atoms with E-state index in [1.54, 1.807) is 0 Å². The van der Waals surface area contributed by atoms with Crippen molar-refractivity contribution in [2.45, 2.75) is 45.1 Å². The number of benzene rings is 1. The molecule has 7 nitrogen and oxygen atoms in total. The highest BCUT2D eigenvalue weighted by molar-refractivity contribution is 7.99. The van der Waals surface area contributed by atoms with Crippen molar-refractivity contribution in [1.29, 1.82) is 0 Å². The van der Waals surface area contributed by atoms with Gasteiger partial charge in [-0.15, -0.1) is 10.2 Å². The fraction of sp³-hybridized carbons (Fsp3) is 0.478. The zero-order chi connectivity index (χ0) is 22.2. The van der Waals surface area contributed by atoms with Gasteiger partial charge >= 0.3 is 0 Å². The van der Waals surface area contributed by atoms with E-state index < -0.39 is 0 Å². The molecule has 1 aromatic heterocycles. The Morgan fingerprint density at radius 2 is 1.94 bits per heavy atom. The first-order valence-corrected chi connectivity index (χ1v) is 11.8. The van der Waals surface area contributed by atoms with E-state index in [-0.39, 0.29) is 23.5 Å². The monoisotopic (exact) mass is 441 g/mol. The average Bonchev–Trinajstić information content (AvgIpc) is 2.79. The Labute approximate surface area is 188 Å². The number of hydrogen-bond donors (Lipinski definition) is 2. The molecule has 0 saturated carbocycles. The number of aromatic nitrogens is 2. The van der Waals surface area contributed by atoms with Crippen molar-refractivity contribution in [2.24, 2.45) is 5.92 Å². The van der Waals surface area contributed by atoms with Crippen LogP contribution in [0, 0.1) is 19.8 Å². The van der Waals surface area contributed by atoms with Gasteiger partial charge in [-0.3, -0.25) is 9.59 Å². The number of carbonyl (C=O) groups is 2. The lowest BCUT2D eigenvalue weighted by Gasteiger charge is -2.32. The van der Waals surface area contributed by atoms with E-state index in [1.165, 1.54) is 11.8 Å². The third kappa shape index (κ3) is 6.43. The summed E-state index contributed by atoms with van der Waals surface area (Å²) in [6, 6.07) is 9.76. The second kappa shape index (κ2) is 11.1. The van der Waals surface area contributed by atoms with E-state index in [2.05, 4.69) is 32.7 Å². The zero-order valence-electron chi connectivity index (χ0n) is 18.5. The highest BCUT2D eigenvalue weighted by atomic mass is 32.2. The molecule has 2 amide bonds. The molecule has 1 fully saturated rings. The molecule has 31 heavy (non-hydrogen) atoms. The van der Waals surface area contributed by atoms with Crippen LogP contribution >= 0.6 is 11.8 Å². The van der Waals surface area contributed by atoms with Crippen LogP contribution in [0.1, 0.15) is 37.3 Å². The first kappa shape index (κ1) is 23.1. The number of hydrogen-bond acceptors (Lipinski definition) is 6. The first-order chi connectivity index (χ1) is 15.0. The van der Waals surface area contributed by atoms with Gasteiger partial charge in [-0.2, -0.15) is 0 Å². The number of carbonyl (C=O) groups excluding carboxylic acids is 2. The topological polar surface area (TPSA) is 87.2 Å². The highest BCUT2D eigenvalue weighted by Gasteiger charge is 2.26. The number of thioether (sulfide) groups is 1. The Morgan fingerprint density at radius 3 is 2.61 bits per heavy atom. The molecule has 2 heterocycles. The molecule has 0 aliphatic carbocycles. The quantitative estimate of drug-likeness (QED) is 0.609. The number of amides is 2. The van der Waals surface area contributed by atoms with Crippen LogP contribution < -0.4 is 15.5 Å². The lowest BCUT2D eigenvalue weighted by molar-refractivity contribution is -0.125. The van der Waals surface area contributed by atoms with Gasteiger partial charge in [-0.05, 0) is 56.4 Å². The molecule has 0 bridgehead atoms. The fourth-order valence-electron chi connectivity index (χ4n) is 3.68. The summed E-state index contributed by atoms with van der Waals surface area (Å²) < 4.78 is 0. The lowest BCUT2D eigenvalue weighted by atomic mass is 9.97. The molecule has 1 aliphatic rings. The first-order valence-electron chi connectivity index (χ1n) is 10.8. The lowest BCUT2D eigenvalue weighted by Crippen LogP contribution is -2.43. The molecule has 0 spiro atoms. The number of aryl methyl sites for hydroxylation is 2. The van der Waals surface area contributed by atoms with Crippen LogP contribution in [0.5, 0.6) is 0 Å². The molecule has 1 saturated heterocycles. The van der Waals surface area contributed by atoms with E-state index in [4.69, 9.17) is 0 Å². The summed E-state index contributed by atoms with van der Waals surface area (Å²) in [4.78, 5) is 26.8. The third-order valence-corrected chi connectivity index (χ3v) is 6.31. The van der Waals surface area contributed by atoms with Crippen molar-refractivity contribution in [3.05, 3.63) is 41.5 Å². The summed E-state index contributed by atoms with van der Waals surface area (Å²) in [7, 11) is 0. The minimum absolute atomic E-state index is 0.00949. The summed E-state index contributed by atoms with van der Waals surface area (Å²) in [5.74, 6) is 1.10. The van der Waals surface area contributed by atoms with Crippen molar-refractivity contribution >= 4 is 35.1 Å². The van der Waals surface area contributed by atoms with E-state index in [0.29, 0.717) is 11.6 Å². The smallest absolute Gasteiger partial charge is 0.234 e. The second-order valence-electron chi connectivity index (χ2n) is 7.91. The number of anilines is 2. The van der Waals surface area contributed by atoms with Crippen molar-refractivity contribution in [2.75, 3.05) is 35.6 Å². The second-order valence-corrected chi connectivity index (χ2v) is 8.91. The van der Waals surface area contributed by atoms with Crippen molar-refractivity contribution in [3.8, 4) is 0 Å². The van der Waals surface area contributed by atoms with Crippen molar-refractivity contribution in [3.63, 3.8) is 0 Å². The molecular weight excluding hydrogens is 410 g/mol. The number of nitrogens with zero attached hydrogens (tertiary/aromatic N) is 3. The summed E-state index contributed by atoms with van der Waals surface area (Å²) in [6.07, 6.45) is 2.80. The predicted octanol–water partition coefficient (Wildman–Crippen LogP) is 3.57. The highest BCUT2D eigenvalue weighted by Crippen LogP contribution is 2.24. The normalized spacial score (nSPS) is 16.1. The third-order valence-electron chi connectivity index (χ3n) is 5.39. The largest absolute Gasteiger partial charge is 0.356 e. The van der Waals surface area contributed by atoms with Crippen LogP contribution in [-0.2, 0) is 9.59 Å². The molecule has 0 unspecified atom stereocenters. The zero-order valence-corrected chi connectivity index (χ0v) is 19.3. The maximum Gasteiger partial charge on any atom is 0.234 e. The van der Waals surface area contributed by atoms with Gasteiger partial charge in [0.1, 0.15) is 5.03 Å². The van der Waals surface area contributed by atoms with E-state index in [1.807, 2.05) is 44.2 Å². The minimum Gasteiger partial charge on any atom is -0.356 e. The molecule has 8 heteroatoms. The van der Waals surface area contributed by atoms with Crippen molar-refractivity contribution in [1.82, 2.24) is 15.5 Å².